The van der Waals surface area contributed by atoms with Gasteiger partial charge in [-0.25, -0.2) is 4.98 Å². The highest BCUT2D eigenvalue weighted by molar-refractivity contribution is 6.30. The van der Waals surface area contributed by atoms with Gasteiger partial charge < -0.3 is 0 Å². The first-order valence-corrected chi connectivity index (χ1v) is 9.39. The van der Waals surface area contributed by atoms with Crippen LogP contribution in [0.2, 0.25) is 5.02 Å². The lowest BCUT2D eigenvalue weighted by molar-refractivity contribution is -0.384. The largest absolute Gasteiger partial charge is 0.282 e. The molecule has 0 aliphatic carbocycles. The molecule has 0 radical (unpaired) electrons. The SMILES string of the molecule is Cc1ccc2c(=O)nc(/C=C/c3ccc([N+](=O)[O-])cc3)n(-c3cccc(Cl)c3)c2n1. The van der Waals surface area contributed by atoms with Crippen LogP contribution in [-0.4, -0.2) is 19.5 Å². The number of benzene rings is 2. The Hall–Kier alpha value is -3.84. The van der Waals surface area contributed by atoms with E-state index >= 15 is 0 Å². The smallest absolute Gasteiger partial charge is 0.278 e. The average Bonchev–Trinajstić information content (AvgIpc) is 2.72. The van der Waals surface area contributed by atoms with Gasteiger partial charge in [-0.15, -0.1) is 0 Å². The molecule has 8 heteroatoms. The molecule has 148 valence electrons. The summed E-state index contributed by atoms with van der Waals surface area (Å²) >= 11 is 6.19. The second-order valence-corrected chi connectivity index (χ2v) is 7.03. The Balaban J connectivity index is 1.91. The molecule has 0 unspecified atom stereocenters. The monoisotopic (exact) mass is 418 g/mol. The van der Waals surface area contributed by atoms with Crippen LogP contribution >= 0.6 is 11.6 Å². The summed E-state index contributed by atoms with van der Waals surface area (Å²) < 4.78 is 1.76. The van der Waals surface area contributed by atoms with Crippen LogP contribution in [0.25, 0.3) is 28.9 Å². The summed E-state index contributed by atoms with van der Waals surface area (Å²) in [4.78, 5) is 31.8. The Kier molecular flexibility index (Phi) is 5.12. The van der Waals surface area contributed by atoms with Crippen molar-refractivity contribution in [3.63, 3.8) is 0 Å². The molecule has 0 N–H and O–H groups in total. The minimum Gasteiger partial charge on any atom is -0.278 e. The Morgan fingerprint density at radius 3 is 2.50 bits per heavy atom. The molecule has 2 heterocycles. The van der Waals surface area contributed by atoms with Crippen LogP contribution in [0, 0.1) is 17.0 Å². The van der Waals surface area contributed by atoms with Gasteiger partial charge in [0.15, 0.2) is 5.65 Å². The van der Waals surface area contributed by atoms with E-state index in [1.54, 1.807) is 59.2 Å². The number of aryl methyl sites for hydroxylation is 1. The van der Waals surface area contributed by atoms with Crippen LogP contribution in [-0.2, 0) is 0 Å². The maximum absolute atomic E-state index is 12.6. The molecule has 0 aliphatic rings. The quantitative estimate of drug-likeness (QED) is 0.350. The average molecular weight is 419 g/mol. The molecule has 0 spiro atoms. The van der Waals surface area contributed by atoms with Crippen molar-refractivity contribution in [2.24, 2.45) is 0 Å². The van der Waals surface area contributed by atoms with Gasteiger partial charge in [0.1, 0.15) is 5.82 Å². The highest BCUT2D eigenvalue weighted by atomic mass is 35.5. The zero-order valence-corrected chi connectivity index (χ0v) is 16.6. The number of aromatic nitrogens is 3. The Morgan fingerprint density at radius 1 is 1.03 bits per heavy atom. The van der Waals surface area contributed by atoms with Crippen LogP contribution in [0.4, 0.5) is 5.69 Å². The first-order chi connectivity index (χ1) is 14.4. The predicted octanol–water partition coefficient (Wildman–Crippen LogP) is 4.82. The third kappa shape index (κ3) is 3.83. The summed E-state index contributed by atoms with van der Waals surface area (Å²) in [6.07, 6.45) is 3.40. The van der Waals surface area contributed by atoms with Crippen LogP contribution in [0.5, 0.6) is 0 Å². The lowest BCUT2D eigenvalue weighted by Crippen LogP contribution is -2.17. The van der Waals surface area contributed by atoms with Gasteiger partial charge in [-0.2, -0.15) is 4.98 Å². The van der Waals surface area contributed by atoms with Crippen molar-refractivity contribution in [1.82, 2.24) is 14.5 Å². The van der Waals surface area contributed by atoms with Crippen LogP contribution in [0.1, 0.15) is 17.1 Å². The minimum atomic E-state index is -0.455. The highest BCUT2D eigenvalue weighted by Crippen LogP contribution is 2.22. The summed E-state index contributed by atoms with van der Waals surface area (Å²) in [7, 11) is 0. The second-order valence-electron chi connectivity index (χ2n) is 6.60. The molecule has 2 aromatic carbocycles. The lowest BCUT2D eigenvalue weighted by Gasteiger charge is -2.14. The number of non-ortho nitro benzene ring substituents is 1. The standard InChI is InChI=1S/C22H15ClN4O3/c1-14-5-11-19-21(24-14)26(18-4-2-3-16(23)13-18)20(25-22(19)28)12-8-15-6-9-17(10-7-15)27(29)30/h2-13H,1H3/b12-8+. The maximum Gasteiger partial charge on any atom is 0.282 e. The second kappa shape index (κ2) is 7.88. The van der Waals surface area contributed by atoms with E-state index in [0.717, 1.165) is 11.3 Å². The fraction of sp³-hybridized carbons (Fsp3) is 0.0455. The molecule has 30 heavy (non-hydrogen) atoms. The number of fused-ring (bicyclic) bond motifs is 1. The summed E-state index contributed by atoms with van der Waals surface area (Å²) in [6, 6.07) is 16.7. The fourth-order valence-corrected chi connectivity index (χ4v) is 3.25. The van der Waals surface area contributed by atoms with E-state index in [1.807, 2.05) is 13.0 Å². The van der Waals surface area contributed by atoms with Crippen molar-refractivity contribution < 1.29 is 4.92 Å². The molecule has 0 bridgehead atoms. The maximum atomic E-state index is 12.6. The molecule has 0 fully saturated rings. The van der Waals surface area contributed by atoms with Crippen molar-refractivity contribution in [3.05, 3.63) is 103 Å². The van der Waals surface area contributed by atoms with Gasteiger partial charge in [-0.1, -0.05) is 23.7 Å². The normalized spacial score (nSPS) is 11.3. The van der Waals surface area contributed by atoms with Gasteiger partial charge in [-0.3, -0.25) is 19.5 Å². The van der Waals surface area contributed by atoms with Gasteiger partial charge in [-0.05, 0) is 61.0 Å². The molecule has 4 rings (SSSR count). The predicted molar refractivity (Wildman–Crippen MR) is 117 cm³/mol. The van der Waals surface area contributed by atoms with Crippen molar-refractivity contribution in [1.29, 1.82) is 0 Å². The van der Waals surface area contributed by atoms with E-state index in [2.05, 4.69) is 9.97 Å². The molecule has 0 amide bonds. The minimum absolute atomic E-state index is 0.00601. The van der Waals surface area contributed by atoms with Crippen molar-refractivity contribution in [2.45, 2.75) is 6.92 Å². The number of pyridine rings is 1. The molecule has 0 atom stereocenters. The van der Waals surface area contributed by atoms with Crippen molar-refractivity contribution in [2.75, 3.05) is 0 Å². The molecule has 7 nitrogen and oxygen atoms in total. The molecule has 0 saturated heterocycles. The molecular weight excluding hydrogens is 404 g/mol. The fourth-order valence-electron chi connectivity index (χ4n) is 3.06. The van der Waals surface area contributed by atoms with E-state index in [1.165, 1.54) is 12.1 Å². The van der Waals surface area contributed by atoms with Crippen molar-refractivity contribution in [3.8, 4) is 5.69 Å². The number of halogens is 1. The molecule has 0 saturated carbocycles. The zero-order valence-electron chi connectivity index (χ0n) is 15.8. The summed E-state index contributed by atoms with van der Waals surface area (Å²) in [5.74, 6) is 0.367. The number of rotatable bonds is 4. The van der Waals surface area contributed by atoms with E-state index in [4.69, 9.17) is 11.6 Å². The third-order valence-corrected chi connectivity index (χ3v) is 4.73. The number of nitro benzene ring substituents is 1. The highest BCUT2D eigenvalue weighted by Gasteiger charge is 2.13. The Morgan fingerprint density at radius 2 is 1.80 bits per heavy atom. The van der Waals surface area contributed by atoms with Crippen molar-refractivity contribution >= 4 is 40.5 Å². The first kappa shape index (κ1) is 19.5. The topological polar surface area (TPSA) is 90.9 Å². The Bertz CT molecular complexity index is 1360. The van der Waals surface area contributed by atoms with Crippen LogP contribution in [0.3, 0.4) is 0 Å². The first-order valence-electron chi connectivity index (χ1n) is 9.01. The molecule has 4 aromatic rings. The Labute approximate surface area is 176 Å². The molecular formula is C22H15ClN4O3. The van der Waals surface area contributed by atoms with Gasteiger partial charge in [0.25, 0.3) is 11.2 Å². The van der Waals surface area contributed by atoms with Gasteiger partial charge in [0.2, 0.25) is 0 Å². The number of nitro groups is 1. The molecule has 0 aliphatic heterocycles. The molecule has 2 aromatic heterocycles. The van der Waals surface area contributed by atoms with E-state index in [9.17, 15) is 14.9 Å². The van der Waals surface area contributed by atoms with Gasteiger partial charge >= 0.3 is 0 Å². The van der Waals surface area contributed by atoms with Gasteiger partial charge in [0.05, 0.1) is 16.0 Å². The zero-order chi connectivity index (χ0) is 21.3. The number of hydrogen-bond acceptors (Lipinski definition) is 5. The van der Waals surface area contributed by atoms with Gasteiger partial charge in [0, 0.05) is 22.8 Å². The number of hydrogen-bond donors (Lipinski definition) is 0. The van der Waals surface area contributed by atoms with Crippen LogP contribution < -0.4 is 5.56 Å². The third-order valence-electron chi connectivity index (χ3n) is 4.50. The lowest BCUT2D eigenvalue weighted by atomic mass is 10.2. The van der Waals surface area contributed by atoms with Crippen LogP contribution in [0.15, 0.2) is 65.5 Å². The number of nitrogens with zero attached hydrogens (tertiary/aromatic N) is 4. The van der Waals surface area contributed by atoms with E-state index < -0.39 is 4.92 Å². The van der Waals surface area contributed by atoms with E-state index in [-0.39, 0.29) is 11.2 Å². The summed E-state index contributed by atoms with van der Waals surface area (Å²) in [5.41, 5.74) is 2.28. The summed E-state index contributed by atoms with van der Waals surface area (Å²) in [5, 5.41) is 11.8. The van der Waals surface area contributed by atoms with E-state index in [0.29, 0.717) is 27.6 Å². The summed E-state index contributed by atoms with van der Waals surface area (Å²) in [6.45, 7) is 1.85.